The van der Waals surface area contributed by atoms with Crippen molar-refractivity contribution in [1.29, 1.82) is 0 Å². The number of anilines is 1. The second kappa shape index (κ2) is 8.25. The molecule has 1 atom stereocenters. The largest absolute Gasteiger partial charge is 0.353 e. The standard InChI is InChI=1S/C22H23FN4O/c23-18-10-8-17(9-11-18)20-14-21(26-25-20)27-12-4-7-19(15-27)24-22(28)13-16-5-2-1-3-6-16/h1-3,5-6,8-11,14,19H,4,7,12-13,15H2,(H,24,28)(H,25,26)/t19-/m0/s1. The van der Waals surface area contributed by atoms with E-state index >= 15 is 0 Å². The fourth-order valence-corrected chi connectivity index (χ4v) is 3.61. The van der Waals surface area contributed by atoms with Crippen molar-refractivity contribution < 1.29 is 9.18 Å². The molecule has 5 nitrogen and oxygen atoms in total. The van der Waals surface area contributed by atoms with Crippen molar-refractivity contribution in [2.45, 2.75) is 25.3 Å². The maximum Gasteiger partial charge on any atom is 0.224 e. The van der Waals surface area contributed by atoms with Crippen LogP contribution in [0.3, 0.4) is 0 Å². The first-order valence-electron chi connectivity index (χ1n) is 9.57. The Kier molecular flexibility index (Phi) is 5.37. The number of piperidine rings is 1. The summed E-state index contributed by atoms with van der Waals surface area (Å²) < 4.78 is 13.1. The molecule has 1 aliphatic rings. The van der Waals surface area contributed by atoms with E-state index in [1.165, 1.54) is 12.1 Å². The Morgan fingerprint density at radius 1 is 1.18 bits per heavy atom. The zero-order valence-electron chi connectivity index (χ0n) is 15.6. The summed E-state index contributed by atoms with van der Waals surface area (Å²) in [4.78, 5) is 14.5. The van der Waals surface area contributed by atoms with E-state index in [9.17, 15) is 9.18 Å². The maximum atomic E-state index is 13.1. The van der Waals surface area contributed by atoms with Gasteiger partial charge in [-0.3, -0.25) is 9.89 Å². The lowest BCUT2D eigenvalue weighted by molar-refractivity contribution is -0.121. The summed E-state index contributed by atoms with van der Waals surface area (Å²) in [6, 6.07) is 18.2. The fourth-order valence-electron chi connectivity index (χ4n) is 3.61. The topological polar surface area (TPSA) is 61.0 Å². The predicted octanol–water partition coefficient (Wildman–Crippen LogP) is 3.54. The molecule has 4 rings (SSSR count). The van der Waals surface area contributed by atoms with E-state index in [1.54, 1.807) is 12.1 Å². The minimum Gasteiger partial charge on any atom is -0.353 e. The molecule has 3 aromatic rings. The summed E-state index contributed by atoms with van der Waals surface area (Å²) in [6.45, 7) is 1.63. The van der Waals surface area contributed by atoms with Crippen molar-refractivity contribution >= 4 is 11.7 Å². The first-order chi connectivity index (χ1) is 13.7. The van der Waals surface area contributed by atoms with E-state index in [1.807, 2.05) is 36.4 Å². The molecule has 144 valence electrons. The molecule has 2 heterocycles. The lowest BCUT2D eigenvalue weighted by Crippen LogP contribution is -2.48. The zero-order chi connectivity index (χ0) is 19.3. The van der Waals surface area contributed by atoms with Crippen LogP contribution in [0.2, 0.25) is 0 Å². The Hall–Kier alpha value is -3.15. The smallest absolute Gasteiger partial charge is 0.224 e. The molecular formula is C22H23FN4O. The van der Waals surface area contributed by atoms with E-state index in [0.29, 0.717) is 6.42 Å². The molecule has 1 saturated heterocycles. The third-order valence-corrected chi connectivity index (χ3v) is 5.04. The lowest BCUT2D eigenvalue weighted by atomic mass is 10.0. The number of H-pyrrole nitrogens is 1. The molecule has 0 radical (unpaired) electrons. The van der Waals surface area contributed by atoms with E-state index in [0.717, 1.165) is 48.6 Å². The molecule has 2 aromatic carbocycles. The number of rotatable bonds is 5. The van der Waals surface area contributed by atoms with Gasteiger partial charge in [0, 0.05) is 25.2 Å². The number of carbonyl (C=O) groups is 1. The third-order valence-electron chi connectivity index (χ3n) is 5.04. The van der Waals surface area contributed by atoms with Gasteiger partial charge in [0.05, 0.1) is 12.1 Å². The van der Waals surface area contributed by atoms with Gasteiger partial charge < -0.3 is 10.2 Å². The quantitative estimate of drug-likeness (QED) is 0.714. The Labute approximate surface area is 163 Å². The van der Waals surface area contributed by atoms with Crippen molar-refractivity contribution in [3.05, 3.63) is 72.0 Å². The van der Waals surface area contributed by atoms with E-state index < -0.39 is 0 Å². The van der Waals surface area contributed by atoms with Crippen LogP contribution in [0, 0.1) is 5.82 Å². The zero-order valence-corrected chi connectivity index (χ0v) is 15.6. The molecule has 1 aliphatic heterocycles. The first-order valence-corrected chi connectivity index (χ1v) is 9.57. The summed E-state index contributed by atoms with van der Waals surface area (Å²) in [5.74, 6) is 0.641. The van der Waals surface area contributed by atoms with Gasteiger partial charge in [-0.2, -0.15) is 5.10 Å². The van der Waals surface area contributed by atoms with Gasteiger partial charge in [0.1, 0.15) is 5.82 Å². The molecular weight excluding hydrogens is 355 g/mol. The van der Waals surface area contributed by atoms with Crippen LogP contribution < -0.4 is 10.2 Å². The first kappa shape index (κ1) is 18.2. The van der Waals surface area contributed by atoms with Crippen molar-refractivity contribution in [2.24, 2.45) is 0 Å². The van der Waals surface area contributed by atoms with Crippen LogP contribution in [0.4, 0.5) is 10.2 Å². The Morgan fingerprint density at radius 2 is 1.96 bits per heavy atom. The number of halogens is 1. The highest BCUT2D eigenvalue weighted by molar-refractivity contribution is 5.79. The van der Waals surface area contributed by atoms with Crippen LogP contribution in [0.5, 0.6) is 0 Å². The molecule has 0 aliphatic carbocycles. The summed E-state index contributed by atoms with van der Waals surface area (Å²) in [6.07, 6.45) is 2.36. The number of aromatic nitrogens is 2. The van der Waals surface area contributed by atoms with Crippen LogP contribution >= 0.6 is 0 Å². The number of hydrogen-bond donors (Lipinski definition) is 2. The van der Waals surface area contributed by atoms with Gasteiger partial charge >= 0.3 is 0 Å². The number of nitrogens with one attached hydrogen (secondary N) is 2. The SMILES string of the molecule is O=C(Cc1ccccc1)N[C@H]1CCCN(c2cc(-c3ccc(F)cc3)[nH]n2)C1. The van der Waals surface area contributed by atoms with Crippen molar-refractivity contribution in [1.82, 2.24) is 15.5 Å². The normalized spacial score (nSPS) is 16.8. The molecule has 28 heavy (non-hydrogen) atoms. The predicted molar refractivity (Wildman–Crippen MR) is 108 cm³/mol. The second-order valence-electron chi connectivity index (χ2n) is 7.16. The Balaban J connectivity index is 1.37. The molecule has 1 amide bonds. The van der Waals surface area contributed by atoms with Crippen LogP contribution in [0.15, 0.2) is 60.7 Å². The Bertz CT molecular complexity index is 923. The summed E-state index contributed by atoms with van der Waals surface area (Å²) >= 11 is 0. The number of nitrogens with zero attached hydrogens (tertiary/aromatic N) is 2. The van der Waals surface area contributed by atoms with Crippen LogP contribution in [0.25, 0.3) is 11.3 Å². The minimum atomic E-state index is -0.256. The van der Waals surface area contributed by atoms with E-state index in [-0.39, 0.29) is 17.8 Å². The monoisotopic (exact) mass is 378 g/mol. The van der Waals surface area contributed by atoms with Gasteiger partial charge in [0.15, 0.2) is 5.82 Å². The van der Waals surface area contributed by atoms with Crippen LogP contribution in [-0.2, 0) is 11.2 Å². The fraction of sp³-hybridized carbons (Fsp3) is 0.273. The van der Waals surface area contributed by atoms with E-state index in [2.05, 4.69) is 20.4 Å². The molecule has 6 heteroatoms. The average Bonchev–Trinajstić information content (AvgIpc) is 3.20. The summed E-state index contributed by atoms with van der Waals surface area (Å²) in [5.41, 5.74) is 2.76. The van der Waals surface area contributed by atoms with Crippen molar-refractivity contribution in [3.8, 4) is 11.3 Å². The maximum absolute atomic E-state index is 13.1. The number of benzene rings is 2. The van der Waals surface area contributed by atoms with Gasteiger partial charge in [0.25, 0.3) is 0 Å². The highest BCUT2D eigenvalue weighted by Gasteiger charge is 2.23. The minimum absolute atomic E-state index is 0.0482. The highest BCUT2D eigenvalue weighted by atomic mass is 19.1. The van der Waals surface area contributed by atoms with Gasteiger partial charge in [0.2, 0.25) is 5.91 Å². The van der Waals surface area contributed by atoms with Crippen LogP contribution in [-0.4, -0.2) is 35.2 Å². The molecule has 0 bridgehead atoms. The summed E-state index contributed by atoms with van der Waals surface area (Å²) in [5, 5.41) is 10.6. The van der Waals surface area contributed by atoms with Gasteiger partial charge in [-0.1, -0.05) is 30.3 Å². The van der Waals surface area contributed by atoms with Crippen molar-refractivity contribution in [3.63, 3.8) is 0 Å². The Morgan fingerprint density at radius 3 is 2.75 bits per heavy atom. The number of carbonyl (C=O) groups excluding carboxylic acids is 1. The van der Waals surface area contributed by atoms with Gasteiger partial charge in [-0.25, -0.2) is 4.39 Å². The number of aromatic amines is 1. The molecule has 1 aromatic heterocycles. The molecule has 0 saturated carbocycles. The number of hydrogen-bond acceptors (Lipinski definition) is 3. The van der Waals surface area contributed by atoms with Crippen LogP contribution in [0.1, 0.15) is 18.4 Å². The molecule has 0 unspecified atom stereocenters. The molecule has 2 N–H and O–H groups in total. The van der Waals surface area contributed by atoms with Gasteiger partial charge in [-0.05, 0) is 48.2 Å². The number of amides is 1. The van der Waals surface area contributed by atoms with Gasteiger partial charge in [-0.15, -0.1) is 0 Å². The lowest BCUT2D eigenvalue weighted by Gasteiger charge is -2.33. The second-order valence-corrected chi connectivity index (χ2v) is 7.16. The van der Waals surface area contributed by atoms with Crippen molar-refractivity contribution in [2.75, 3.05) is 18.0 Å². The highest BCUT2D eigenvalue weighted by Crippen LogP contribution is 2.24. The molecule has 0 spiro atoms. The molecule has 1 fully saturated rings. The average molecular weight is 378 g/mol. The third kappa shape index (κ3) is 4.39. The van der Waals surface area contributed by atoms with E-state index in [4.69, 9.17) is 0 Å². The summed E-state index contributed by atoms with van der Waals surface area (Å²) in [7, 11) is 0.